The second kappa shape index (κ2) is 7.60. The van der Waals surface area contributed by atoms with Crippen molar-refractivity contribution in [2.45, 2.75) is 65.6 Å². The lowest BCUT2D eigenvalue weighted by Gasteiger charge is -2.17. The molecule has 1 heterocycles. The lowest BCUT2D eigenvalue weighted by molar-refractivity contribution is 0.0760. The fourth-order valence-corrected chi connectivity index (χ4v) is 1.59. The van der Waals surface area contributed by atoms with Gasteiger partial charge in [-0.1, -0.05) is 5.21 Å². The minimum absolute atomic E-state index is 0.000561. The summed E-state index contributed by atoms with van der Waals surface area (Å²) in [4.78, 5) is 0. The first-order valence-corrected chi connectivity index (χ1v) is 7.13. The number of rotatable bonds is 8. The van der Waals surface area contributed by atoms with Crippen LogP contribution < -0.4 is 5.32 Å². The van der Waals surface area contributed by atoms with Crippen LogP contribution >= 0.6 is 0 Å². The van der Waals surface area contributed by atoms with E-state index in [2.05, 4.69) is 50.2 Å². The Kier molecular flexibility index (Phi) is 6.45. The molecule has 0 amide bonds. The second-order valence-corrected chi connectivity index (χ2v) is 6.13. The van der Waals surface area contributed by atoms with Crippen LogP contribution in [0.25, 0.3) is 0 Å². The molecule has 0 atom stereocenters. The molecule has 0 spiro atoms. The van der Waals surface area contributed by atoms with Gasteiger partial charge in [0.05, 0.1) is 23.5 Å². The van der Waals surface area contributed by atoms with Crippen molar-refractivity contribution < 1.29 is 4.74 Å². The molecule has 5 heteroatoms. The summed E-state index contributed by atoms with van der Waals surface area (Å²) < 4.78 is 7.40. The SMILES string of the molecule is CC(C)OCCCCNCc1cn(C(C)(C)C)nn1. The zero-order valence-corrected chi connectivity index (χ0v) is 12.9. The van der Waals surface area contributed by atoms with E-state index in [4.69, 9.17) is 4.74 Å². The number of ether oxygens (including phenoxy) is 1. The van der Waals surface area contributed by atoms with Gasteiger partial charge in [-0.15, -0.1) is 5.10 Å². The Hall–Kier alpha value is -0.940. The van der Waals surface area contributed by atoms with Gasteiger partial charge in [-0.25, -0.2) is 4.68 Å². The van der Waals surface area contributed by atoms with E-state index in [1.807, 2.05) is 10.9 Å². The zero-order chi connectivity index (χ0) is 14.3. The van der Waals surface area contributed by atoms with E-state index >= 15 is 0 Å². The van der Waals surface area contributed by atoms with E-state index in [1.165, 1.54) is 0 Å². The molecule has 0 radical (unpaired) electrons. The molecule has 1 aromatic rings. The van der Waals surface area contributed by atoms with Gasteiger partial charge in [-0.3, -0.25) is 0 Å². The molecule has 0 saturated carbocycles. The molecular weight excluding hydrogens is 240 g/mol. The van der Waals surface area contributed by atoms with E-state index in [0.717, 1.165) is 38.2 Å². The highest BCUT2D eigenvalue weighted by atomic mass is 16.5. The van der Waals surface area contributed by atoms with Gasteiger partial charge in [0.1, 0.15) is 0 Å². The summed E-state index contributed by atoms with van der Waals surface area (Å²) in [5.74, 6) is 0. The Morgan fingerprint density at radius 3 is 2.63 bits per heavy atom. The van der Waals surface area contributed by atoms with Crippen molar-refractivity contribution in [1.29, 1.82) is 0 Å². The smallest absolute Gasteiger partial charge is 0.0965 e. The normalized spacial score (nSPS) is 12.3. The van der Waals surface area contributed by atoms with Gasteiger partial charge >= 0.3 is 0 Å². The van der Waals surface area contributed by atoms with E-state index < -0.39 is 0 Å². The highest BCUT2D eigenvalue weighted by molar-refractivity contribution is 4.93. The van der Waals surface area contributed by atoms with Gasteiger partial charge in [0.2, 0.25) is 0 Å². The van der Waals surface area contributed by atoms with E-state index in [9.17, 15) is 0 Å². The maximum absolute atomic E-state index is 5.49. The third-order valence-corrected chi connectivity index (χ3v) is 2.73. The van der Waals surface area contributed by atoms with Crippen molar-refractivity contribution >= 4 is 0 Å². The van der Waals surface area contributed by atoms with Gasteiger partial charge in [0.25, 0.3) is 0 Å². The topological polar surface area (TPSA) is 52.0 Å². The Labute approximate surface area is 116 Å². The van der Waals surface area contributed by atoms with Gasteiger partial charge in [-0.05, 0) is 54.0 Å². The molecule has 0 fully saturated rings. The molecular formula is C14H28N4O. The van der Waals surface area contributed by atoms with Crippen LogP contribution in [0, 0.1) is 0 Å². The molecule has 1 rings (SSSR count). The van der Waals surface area contributed by atoms with Crippen molar-refractivity contribution in [3.63, 3.8) is 0 Å². The maximum Gasteiger partial charge on any atom is 0.0965 e. The monoisotopic (exact) mass is 268 g/mol. The van der Waals surface area contributed by atoms with Crippen LogP contribution in [0.15, 0.2) is 6.20 Å². The molecule has 5 nitrogen and oxygen atoms in total. The summed E-state index contributed by atoms with van der Waals surface area (Å²) in [5, 5.41) is 11.7. The van der Waals surface area contributed by atoms with Gasteiger partial charge < -0.3 is 10.1 Å². The molecule has 0 aliphatic heterocycles. The highest BCUT2D eigenvalue weighted by Crippen LogP contribution is 2.11. The minimum Gasteiger partial charge on any atom is -0.379 e. The van der Waals surface area contributed by atoms with Crippen LogP contribution in [0.3, 0.4) is 0 Å². The van der Waals surface area contributed by atoms with Crippen molar-refractivity contribution in [2.75, 3.05) is 13.2 Å². The third kappa shape index (κ3) is 6.68. The molecule has 1 N–H and O–H groups in total. The standard InChI is InChI=1S/C14H28N4O/c1-12(2)19-9-7-6-8-15-10-13-11-18(17-16-13)14(3,4)5/h11-12,15H,6-10H2,1-5H3. The summed E-state index contributed by atoms with van der Waals surface area (Å²) >= 11 is 0. The zero-order valence-electron chi connectivity index (χ0n) is 12.9. The first-order chi connectivity index (χ1) is 8.89. The van der Waals surface area contributed by atoms with Gasteiger partial charge in [0, 0.05) is 13.2 Å². The largest absolute Gasteiger partial charge is 0.379 e. The lowest BCUT2D eigenvalue weighted by atomic mass is 10.1. The first-order valence-electron chi connectivity index (χ1n) is 7.13. The van der Waals surface area contributed by atoms with Crippen LogP contribution in [0.5, 0.6) is 0 Å². The molecule has 0 aliphatic carbocycles. The fraction of sp³-hybridized carbons (Fsp3) is 0.857. The number of hydrogen-bond acceptors (Lipinski definition) is 4. The molecule has 0 aromatic carbocycles. The average molecular weight is 268 g/mol. The van der Waals surface area contributed by atoms with Crippen molar-refractivity contribution in [1.82, 2.24) is 20.3 Å². The highest BCUT2D eigenvalue weighted by Gasteiger charge is 2.14. The third-order valence-electron chi connectivity index (χ3n) is 2.73. The quantitative estimate of drug-likeness (QED) is 0.735. The number of unbranched alkanes of at least 4 members (excludes halogenated alkanes) is 1. The van der Waals surface area contributed by atoms with Crippen LogP contribution in [-0.2, 0) is 16.8 Å². The van der Waals surface area contributed by atoms with Crippen LogP contribution in [-0.4, -0.2) is 34.2 Å². The van der Waals surface area contributed by atoms with Crippen molar-refractivity contribution in [3.8, 4) is 0 Å². The Bertz CT molecular complexity index is 355. The lowest BCUT2D eigenvalue weighted by Crippen LogP contribution is -2.22. The number of aromatic nitrogens is 3. The second-order valence-electron chi connectivity index (χ2n) is 6.13. The predicted octanol–water partition coefficient (Wildman–Crippen LogP) is 2.33. The minimum atomic E-state index is -0.000561. The van der Waals surface area contributed by atoms with Gasteiger partial charge in [0.15, 0.2) is 0 Å². The molecule has 1 aromatic heterocycles. The molecule has 0 saturated heterocycles. The number of hydrogen-bond donors (Lipinski definition) is 1. The molecule has 110 valence electrons. The number of nitrogens with zero attached hydrogens (tertiary/aromatic N) is 3. The summed E-state index contributed by atoms with van der Waals surface area (Å²) in [5.41, 5.74) is 0.993. The maximum atomic E-state index is 5.49. The Morgan fingerprint density at radius 1 is 1.32 bits per heavy atom. The summed E-state index contributed by atoms with van der Waals surface area (Å²) in [6, 6.07) is 0. The van der Waals surface area contributed by atoms with Crippen LogP contribution in [0.4, 0.5) is 0 Å². The van der Waals surface area contributed by atoms with Crippen molar-refractivity contribution in [2.24, 2.45) is 0 Å². The Morgan fingerprint density at radius 2 is 2.05 bits per heavy atom. The molecule has 19 heavy (non-hydrogen) atoms. The first kappa shape index (κ1) is 16.1. The fourth-order valence-electron chi connectivity index (χ4n) is 1.59. The van der Waals surface area contributed by atoms with Gasteiger partial charge in [-0.2, -0.15) is 0 Å². The summed E-state index contributed by atoms with van der Waals surface area (Å²) in [7, 11) is 0. The molecule has 0 bridgehead atoms. The van der Waals surface area contributed by atoms with E-state index in [0.29, 0.717) is 6.10 Å². The van der Waals surface area contributed by atoms with Crippen molar-refractivity contribution in [3.05, 3.63) is 11.9 Å². The van der Waals surface area contributed by atoms with Crippen LogP contribution in [0.1, 0.15) is 53.2 Å². The Balaban J connectivity index is 2.11. The summed E-state index contributed by atoms with van der Waals surface area (Å²) in [6.45, 7) is 13.1. The number of nitrogens with one attached hydrogen (secondary N) is 1. The average Bonchev–Trinajstić information content (AvgIpc) is 2.75. The predicted molar refractivity (Wildman–Crippen MR) is 77.0 cm³/mol. The summed E-state index contributed by atoms with van der Waals surface area (Å²) in [6.07, 6.45) is 4.56. The van der Waals surface area contributed by atoms with E-state index in [1.54, 1.807) is 0 Å². The van der Waals surface area contributed by atoms with E-state index in [-0.39, 0.29) is 5.54 Å². The van der Waals surface area contributed by atoms with Crippen LogP contribution in [0.2, 0.25) is 0 Å². The molecule has 0 aliphatic rings. The molecule has 0 unspecified atom stereocenters.